The van der Waals surface area contributed by atoms with Crippen LogP contribution in [0.2, 0.25) is 0 Å². The van der Waals surface area contributed by atoms with Crippen LogP contribution in [-0.4, -0.2) is 10.8 Å². The Labute approximate surface area is 176 Å². The molecule has 0 N–H and O–H groups in total. The summed E-state index contributed by atoms with van der Waals surface area (Å²) in [6.45, 7) is 15.6. The summed E-state index contributed by atoms with van der Waals surface area (Å²) in [7, 11) is 0. The fourth-order valence-corrected chi connectivity index (χ4v) is 3.69. The molecule has 0 fully saturated rings. The van der Waals surface area contributed by atoms with Crippen molar-refractivity contribution in [3.05, 3.63) is 82.7 Å². The van der Waals surface area contributed by atoms with Crippen molar-refractivity contribution in [1.82, 2.24) is 4.57 Å². The minimum absolute atomic E-state index is 0.168. The minimum Gasteiger partial charge on any atom is -0.318 e. The van der Waals surface area contributed by atoms with Crippen LogP contribution >= 0.6 is 0 Å². The highest BCUT2D eigenvalue weighted by atomic mass is 15.0. The molecule has 2 nitrogen and oxygen atoms in total. The van der Waals surface area contributed by atoms with Crippen LogP contribution in [0.1, 0.15) is 75.0 Å². The number of hydrogen-bond donors (Lipinski definition) is 0. The quantitative estimate of drug-likeness (QED) is 0.401. The second-order valence-electron chi connectivity index (χ2n) is 9.12. The Bertz CT molecular complexity index is 981. The molecule has 0 saturated heterocycles. The van der Waals surface area contributed by atoms with E-state index in [1.165, 1.54) is 28.2 Å². The SMILES string of the molecule is CC[C@H](C)c1ccc(N=Cc2cc(C)n(-c3ccc(C(C)(C)C)cc3)c2C)cc1. The molecular formula is C27H34N2. The fraction of sp³-hybridized carbons (Fsp3) is 0.370. The van der Waals surface area contributed by atoms with Gasteiger partial charge in [-0.1, -0.05) is 58.9 Å². The molecular weight excluding hydrogens is 352 g/mol. The molecule has 0 spiro atoms. The van der Waals surface area contributed by atoms with Crippen LogP contribution in [0, 0.1) is 13.8 Å². The standard InChI is InChI=1S/C27H34N2/c1-8-19(2)22-9-13-25(14-10-22)28-18-23-17-20(3)29(21(23)4)26-15-11-24(12-16-26)27(5,6)7/h9-19H,8H2,1-7H3/t19-/m0/s1. The van der Waals surface area contributed by atoms with E-state index in [1.807, 2.05) is 6.21 Å². The molecule has 152 valence electrons. The van der Waals surface area contributed by atoms with Gasteiger partial charge < -0.3 is 4.57 Å². The lowest BCUT2D eigenvalue weighted by Crippen LogP contribution is -2.11. The number of aromatic nitrogens is 1. The molecule has 29 heavy (non-hydrogen) atoms. The maximum Gasteiger partial charge on any atom is 0.0630 e. The molecule has 0 unspecified atom stereocenters. The Morgan fingerprint density at radius 2 is 1.59 bits per heavy atom. The first-order valence-corrected chi connectivity index (χ1v) is 10.6. The van der Waals surface area contributed by atoms with E-state index < -0.39 is 0 Å². The predicted octanol–water partition coefficient (Wildman–Crippen LogP) is 7.66. The number of aryl methyl sites for hydroxylation is 1. The summed E-state index contributed by atoms with van der Waals surface area (Å²) in [5, 5.41) is 0. The van der Waals surface area contributed by atoms with Gasteiger partial charge in [0.05, 0.1) is 5.69 Å². The first-order chi connectivity index (χ1) is 13.7. The third-order valence-electron chi connectivity index (χ3n) is 5.89. The molecule has 2 heteroatoms. The molecule has 2 aromatic carbocycles. The van der Waals surface area contributed by atoms with Crippen molar-refractivity contribution < 1.29 is 0 Å². The lowest BCUT2D eigenvalue weighted by molar-refractivity contribution is 0.590. The maximum atomic E-state index is 4.72. The Hall–Kier alpha value is -2.61. The zero-order valence-electron chi connectivity index (χ0n) is 19.0. The highest BCUT2D eigenvalue weighted by Gasteiger charge is 2.14. The number of rotatable bonds is 5. The highest BCUT2D eigenvalue weighted by molar-refractivity contribution is 5.84. The first kappa shape index (κ1) is 21.1. The first-order valence-electron chi connectivity index (χ1n) is 10.6. The van der Waals surface area contributed by atoms with Gasteiger partial charge in [0, 0.05) is 28.9 Å². The highest BCUT2D eigenvalue weighted by Crippen LogP contribution is 2.26. The number of nitrogens with zero attached hydrogens (tertiary/aromatic N) is 2. The van der Waals surface area contributed by atoms with E-state index in [0.717, 1.165) is 17.7 Å². The minimum atomic E-state index is 0.168. The molecule has 0 amide bonds. The summed E-state index contributed by atoms with van der Waals surface area (Å²) in [6.07, 6.45) is 3.14. The molecule has 0 aliphatic heterocycles. The van der Waals surface area contributed by atoms with E-state index in [1.54, 1.807) is 0 Å². The van der Waals surface area contributed by atoms with Gasteiger partial charge in [-0.25, -0.2) is 0 Å². The Morgan fingerprint density at radius 1 is 0.966 bits per heavy atom. The zero-order valence-corrected chi connectivity index (χ0v) is 19.0. The molecule has 1 atom stereocenters. The second-order valence-corrected chi connectivity index (χ2v) is 9.12. The van der Waals surface area contributed by atoms with Crippen LogP contribution in [0.3, 0.4) is 0 Å². The fourth-order valence-electron chi connectivity index (χ4n) is 3.69. The zero-order chi connectivity index (χ0) is 21.2. The van der Waals surface area contributed by atoms with E-state index >= 15 is 0 Å². The van der Waals surface area contributed by atoms with Crippen molar-refractivity contribution >= 4 is 11.9 Å². The van der Waals surface area contributed by atoms with E-state index in [4.69, 9.17) is 4.99 Å². The van der Waals surface area contributed by atoms with Crippen molar-refractivity contribution in [1.29, 1.82) is 0 Å². The van der Waals surface area contributed by atoms with Crippen LogP contribution in [0.4, 0.5) is 5.69 Å². The van der Waals surface area contributed by atoms with Crippen LogP contribution in [0.25, 0.3) is 5.69 Å². The summed E-state index contributed by atoms with van der Waals surface area (Å²) < 4.78 is 2.31. The summed E-state index contributed by atoms with van der Waals surface area (Å²) in [5.74, 6) is 0.594. The molecule has 3 rings (SSSR count). The van der Waals surface area contributed by atoms with Gasteiger partial charge >= 0.3 is 0 Å². The van der Waals surface area contributed by atoms with Crippen molar-refractivity contribution in [3.8, 4) is 5.69 Å². The summed E-state index contributed by atoms with van der Waals surface area (Å²) in [5.41, 5.74) is 8.69. The number of hydrogen-bond acceptors (Lipinski definition) is 1. The van der Waals surface area contributed by atoms with Gasteiger partial charge in [0.1, 0.15) is 0 Å². The molecule has 1 aromatic heterocycles. The molecule has 0 bridgehead atoms. The second kappa shape index (κ2) is 8.41. The van der Waals surface area contributed by atoms with Crippen molar-refractivity contribution in [2.45, 2.75) is 66.2 Å². The van der Waals surface area contributed by atoms with Crippen molar-refractivity contribution in [2.24, 2.45) is 4.99 Å². The predicted molar refractivity (Wildman–Crippen MR) is 126 cm³/mol. The smallest absolute Gasteiger partial charge is 0.0630 e. The average molecular weight is 387 g/mol. The third kappa shape index (κ3) is 4.70. The molecule has 0 saturated carbocycles. The van der Waals surface area contributed by atoms with E-state index in [2.05, 4.69) is 108 Å². The van der Waals surface area contributed by atoms with Gasteiger partial charge in [0.2, 0.25) is 0 Å². The normalized spacial score (nSPS) is 13.2. The van der Waals surface area contributed by atoms with E-state index in [9.17, 15) is 0 Å². The lowest BCUT2D eigenvalue weighted by atomic mass is 9.87. The Balaban J connectivity index is 1.85. The molecule has 3 aromatic rings. The topological polar surface area (TPSA) is 17.3 Å². The molecule has 0 aliphatic rings. The van der Waals surface area contributed by atoms with Gasteiger partial charge in [-0.15, -0.1) is 0 Å². The van der Waals surface area contributed by atoms with Gasteiger partial charge in [0.15, 0.2) is 0 Å². The van der Waals surface area contributed by atoms with Crippen molar-refractivity contribution in [3.63, 3.8) is 0 Å². The molecule has 0 aliphatic carbocycles. The monoisotopic (exact) mass is 386 g/mol. The summed E-state index contributed by atoms with van der Waals surface area (Å²) in [6, 6.07) is 19.7. The van der Waals surface area contributed by atoms with Crippen LogP contribution in [-0.2, 0) is 5.41 Å². The van der Waals surface area contributed by atoms with Crippen LogP contribution < -0.4 is 0 Å². The van der Waals surface area contributed by atoms with E-state index in [0.29, 0.717) is 5.92 Å². The van der Waals surface area contributed by atoms with Gasteiger partial charge in [-0.2, -0.15) is 0 Å². The third-order valence-corrected chi connectivity index (χ3v) is 5.89. The van der Waals surface area contributed by atoms with Gasteiger partial charge in [-0.05, 0) is 73.1 Å². The summed E-state index contributed by atoms with van der Waals surface area (Å²) >= 11 is 0. The van der Waals surface area contributed by atoms with Crippen LogP contribution in [0.5, 0.6) is 0 Å². The Morgan fingerprint density at radius 3 is 2.14 bits per heavy atom. The van der Waals surface area contributed by atoms with Crippen molar-refractivity contribution in [2.75, 3.05) is 0 Å². The van der Waals surface area contributed by atoms with Gasteiger partial charge in [0.25, 0.3) is 0 Å². The Kier molecular flexibility index (Phi) is 6.12. The largest absolute Gasteiger partial charge is 0.318 e. The molecule has 1 heterocycles. The maximum absolute atomic E-state index is 4.72. The number of benzene rings is 2. The number of aliphatic imine (C=N–C) groups is 1. The molecule has 0 radical (unpaired) electrons. The lowest BCUT2D eigenvalue weighted by Gasteiger charge is -2.20. The van der Waals surface area contributed by atoms with E-state index in [-0.39, 0.29) is 5.41 Å². The van der Waals surface area contributed by atoms with Crippen LogP contribution in [0.15, 0.2) is 59.6 Å². The summed E-state index contributed by atoms with van der Waals surface area (Å²) in [4.78, 5) is 4.72. The average Bonchev–Trinajstić information content (AvgIpc) is 2.99. The van der Waals surface area contributed by atoms with Gasteiger partial charge in [-0.3, -0.25) is 4.99 Å².